The van der Waals surface area contributed by atoms with E-state index in [4.69, 9.17) is 17.3 Å². The largest absolute Gasteiger partial charge is 0.493 e. The highest BCUT2D eigenvalue weighted by Gasteiger charge is 2.19. The van der Waals surface area contributed by atoms with Crippen LogP contribution >= 0.6 is 11.6 Å². The standard InChI is InChI=1S/C19H20ClN5O/c20-16-4-2-1-3-14(16)15-9-11-10-22-19(25-17(11)24-18(15)26)23-13-7-5-12(21)6-8-13/h1-4,9-10,12-13H,5-8,21H2,(H2,22,23,24,25,26)/t12-,13-. The Kier molecular flexibility index (Phi) is 4.61. The molecule has 4 N–H and O–H groups in total. The van der Waals surface area contributed by atoms with Gasteiger partial charge in [-0.15, -0.1) is 0 Å². The van der Waals surface area contributed by atoms with E-state index in [0.717, 1.165) is 36.6 Å². The highest BCUT2D eigenvalue weighted by atomic mass is 35.5. The van der Waals surface area contributed by atoms with Crippen LogP contribution in [0, 0.1) is 0 Å². The molecule has 0 spiro atoms. The van der Waals surface area contributed by atoms with Crippen molar-refractivity contribution in [2.75, 3.05) is 5.32 Å². The first-order chi connectivity index (χ1) is 12.6. The molecule has 1 aromatic carbocycles. The molecule has 0 atom stereocenters. The molecular weight excluding hydrogens is 350 g/mol. The number of hydrogen-bond acceptors (Lipinski definition) is 6. The lowest BCUT2D eigenvalue weighted by Gasteiger charge is -2.26. The number of nitrogens with one attached hydrogen (secondary N) is 1. The Morgan fingerprint density at radius 2 is 1.85 bits per heavy atom. The number of aromatic hydroxyl groups is 1. The number of fused-ring (bicyclic) bond motifs is 1. The summed E-state index contributed by atoms with van der Waals surface area (Å²) in [5, 5.41) is 15.0. The molecule has 6 nitrogen and oxygen atoms in total. The van der Waals surface area contributed by atoms with Crippen molar-refractivity contribution >= 4 is 28.6 Å². The predicted octanol–water partition coefficient (Wildman–Crippen LogP) is 3.73. The van der Waals surface area contributed by atoms with E-state index in [1.54, 1.807) is 12.3 Å². The molecule has 3 aromatic rings. The molecule has 0 amide bonds. The molecule has 1 fully saturated rings. The lowest BCUT2D eigenvalue weighted by Crippen LogP contribution is -2.33. The summed E-state index contributed by atoms with van der Waals surface area (Å²) in [5.74, 6) is 0.425. The summed E-state index contributed by atoms with van der Waals surface area (Å²) in [5.41, 5.74) is 7.68. The maximum Gasteiger partial charge on any atom is 0.224 e. The van der Waals surface area contributed by atoms with Gasteiger partial charge in [0.1, 0.15) is 0 Å². The fourth-order valence-electron chi connectivity index (χ4n) is 3.35. The Morgan fingerprint density at radius 3 is 2.62 bits per heavy atom. The number of aromatic nitrogens is 3. The van der Waals surface area contributed by atoms with E-state index in [1.165, 1.54) is 0 Å². The lowest BCUT2D eigenvalue weighted by molar-refractivity contribution is 0.410. The molecule has 134 valence electrons. The second-order valence-corrected chi connectivity index (χ2v) is 7.11. The van der Waals surface area contributed by atoms with Crippen molar-refractivity contribution in [3.8, 4) is 17.0 Å². The maximum atomic E-state index is 10.4. The molecule has 0 bridgehead atoms. The number of halogens is 1. The van der Waals surface area contributed by atoms with Crippen molar-refractivity contribution in [2.45, 2.75) is 37.8 Å². The topological polar surface area (TPSA) is 97.0 Å². The summed E-state index contributed by atoms with van der Waals surface area (Å²) < 4.78 is 0. The fourth-order valence-corrected chi connectivity index (χ4v) is 3.59. The maximum absolute atomic E-state index is 10.4. The van der Waals surface area contributed by atoms with Crippen molar-refractivity contribution < 1.29 is 5.11 Å². The second-order valence-electron chi connectivity index (χ2n) is 6.70. The van der Waals surface area contributed by atoms with Gasteiger partial charge < -0.3 is 16.2 Å². The zero-order valence-electron chi connectivity index (χ0n) is 14.2. The Balaban J connectivity index is 1.63. The molecule has 0 saturated heterocycles. The van der Waals surface area contributed by atoms with E-state index in [2.05, 4.69) is 20.3 Å². The van der Waals surface area contributed by atoms with E-state index in [1.807, 2.05) is 24.3 Å². The summed E-state index contributed by atoms with van der Waals surface area (Å²) in [4.78, 5) is 13.1. The van der Waals surface area contributed by atoms with E-state index >= 15 is 0 Å². The SMILES string of the molecule is N[C@H]1CC[C@H](Nc2ncc3cc(-c4ccccc4Cl)c(O)nc3n2)CC1. The van der Waals surface area contributed by atoms with Crippen LogP contribution in [-0.2, 0) is 0 Å². The third-order valence-corrected chi connectivity index (χ3v) is 5.15. The van der Waals surface area contributed by atoms with E-state index in [-0.39, 0.29) is 5.88 Å². The van der Waals surface area contributed by atoms with Crippen molar-refractivity contribution in [1.82, 2.24) is 15.0 Å². The summed E-state index contributed by atoms with van der Waals surface area (Å²) >= 11 is 6.24. The molecule has 1 aliphatic carbocycles. The average Bonchev–Trinajstić information content (AvgIpc) is 2.64. The molecule has 0 radical (unpaired) electrons. The van der Waals surface area contributed by atoms with Crippen LogP contribution in [0.3, 0.4) is 0 Å². The number of benzene rings is 1. The first-order valence-electron chi connectivity index (χ1n) is 8.74. The monoisotopic (exact) mass is 369 g/mol. The van der Waals surface area contributed by atoms with Crippen LogP contribution in [-0.4, -0.2) is 32.1 Å². The number of nitrogens with two attached hydrogens (primary N) is 1. The normalized spacial score (nSPS) is 20.2. The first kappa shape index (κ1) is 17.0. The molecule has 1 saturated carbocycles. The number of hydrogen-bond donors (Lipinski definition) is 3. The number of rotatable bonds is 3. The quantitative estimate of drug-likeness (QED) is 0.650. The Morgan fingerprint density at radius 1 is 1.08 bits per heavy atom. The van der Waals surface area contributed by atoms with Crippen LogP contribution in [0.2, 0.25) is 5.02 Å². The smallest absolute Gasteiger partial charge is 0.224 e. The van der Waals surface area contributed by atoms with Crippen LogP contribution in [0.1, 0.15) is 25.7 Å². The summed E-state index contributed by atoms with van der Waals surface area (Å²) in [7, 11) is 0. The highest BCUT2D eigenvalue weighted by Crippen LogP contribution is 2.34. The molecule has 0 aliphatic heterocycles. The minimum absolute atomic E-state index is 0.0983. The van der Waals surface area contributed by atoms with Gasteiger partial charge in [0.25, 0.3) is 0 Å². The molecule has 2 aromatic heterocycles. The highest BCUT2D eigenvalue weighted by molar-refractivity contribution is 6.33. The van der Waals surface area contributed by atoms with E-state index in [9.17, 15) is 5.11 Å². The molecule has 7 heteroatoms. The third-order valence-electron chi connectivity index (χ3n) is 4.82. The molecule has 0 unspecified atom stereocenters. The Bertz CT molecular complexity index is 940. The van der Waals surface area contributed by atoms with Crippen LogP contribution < -0.4 is 11.1 Å². The third kappa shape index (κ3) is 3.43. The number of pyridine rings is 1. The van der Waals surface area contributed by atoms with E-state index in [0.29, 0.717) is 34.3 Å². The average molecular weight is 370 g/mol. The van der Waals surface area contributed by atoms with Gasteiger partial charge in [0, 0.05) is 39.8 Å². The molecule has 2 heterocycles. The fraction of sp³-hybridized carbons (Fsp3) is 0.316. The van der Waals surface area contributed by atoms with Crippen molar-refractivity contribution in [2.24, 2.45) is 5.73 Å². The lowest BCUT2D eigenvalue weighted by atomic mass is 9.92. The Hall–Kier alpha value is -2.44. The molecule has 1 aliphatic rings. The van der Waals surface area contributed by atoms with Gasteiger partial charge in [-0.1, -0.05) is 29.8 Å². The van der Waals surface area contributed by atoms with Crippen LogP contribution in [0.5, 0.6) is 5.88 Å². The molecular formula is C19H20ClN5O. The predicted molar refractivity (Wildman–Crippen MR) is 103 cm³/mol. The van der Waals surface area contributed by atoms with Gasteiger partial charge in [0.2, 0.25) is 11.8 Å². The van der Waals surface area contributed by atoms with Gasteiger partial charge in [-0.05, 0) is 37.8 Å². The number of nitrogens with zero attached hydrogens (tertiary/aromatic N) is 3. The van der Waals surface area contributed by atoms with Crippen molar-refractivity contribution in [3.05, 3.63) is 41.6 Å². The molecule has 4 rings (SSSR count). The van der Waals surface area contributed by atoms with Gasteiger partial charge in [-0.25, -0.2) is 4.98 Å². The van der Waals surface area contributed by atoms with Gasteiger partial charge in [-0.2, -0.15) is 9.97 Å². The second kappa shape index (κ2) is 7.05. The van der Waals surface area contributed by atoms with Gasteiger partial charge in [0.05, 0.1) is 0 Å². The van der Waals surface area contributed by atoms with Crippen LogP contribution in [0.25, 0.3) is 22.2 Å². The summed E-state index contributed by atoms with van der Waals surface area (Å²) in [6, 6.07) is 9.76. The Labute approximate surface area is 156 Å². The summed E-state index contributed by atoms with van der Waals surface area (Å²) in [6.45, 7) is 0. The van der Waals surface area contributed by atoms with E-state index < -0.39 is 0 Å². The minimum atomic E-state index is -0.0983. The van der Waals surface area contributed by atoms with Crippen LogP contribution in [0.4, 0.5) is 5.95 Å². The van der Waals surface area contributed by atoms with Gasteiger partial charge in [-0.3, -0.25) is 0 Å². The number of anilines is 1. The zero-order valence-corrected chi connectivity index (χ0v) is 14.9. The van der Waals surface area contributed by atoms with Crippen molar-refractivity contribution in [3.63, 3.8) is 0 Å². The zero-order chi connectivity index (χ0) is 18.1. The summed E-state index contributed by atoms with van der Waals surface area (Å²) in [6.07, 6.45) is 5.74. The molecule has 26 heavy (non-hydrogen) atoms. The van der Waals surface area contributed by atoms with Crippen LogP contribution in [0.15, 0.2) is 36.5 Å². The first-order valence-corrected chi connectivity index (χ1v) is 9.12. The van der Waals surface area contributed by atoms with Gasteiger partial charge >= 0.3 is 0 Å². The van der Waals surface area contributed by atoms with Crippen molar-refractivity contribution in [1.29, 1.82) is 0 Å². The minimum Gasteiger partial charge on any atom is -0.493 e. The van der Waals surface area contributed by atoms with Gasteiger partial charge in [0.15, 0.2) is 5.65 Å².